The fourth-order valence-electron chi connectivity index (χ4n) is 3.30. The molecule has 0 fully saturated rings. The number of carbonyl (C=O) groups is 1. The molecule has 27 heavy (non-hydrogen) atoms. The summed E-state index contributed by atoms with van der Waals surface area (Å²) in [4.78, 5) is 16.8. The number of anilines is 1. The number of hydrogen-bond donors (Lipinski definition) is 0. The normalized spacial score (nSPS) is 13.4. The predicted molar refractivity (Wildman–Crippen MR) is 106 cm³/mol. The third-order valence-electron chi connectivity index (χ3n) is 4.86. The smallest absolute Gasteiger partial charge is 0.254 e. The van der Waals surface area contributed by atoms with Crippen LogP contribution in [-0.4, -0.2) is 36.6 Å². The minimum Gasteiger partial charge on any atom is -0.378 e. The monoisotopic (exact) mass is 381 g/mol. The molecular formula is C21H20ClN3O2. The zero-order valence-electron chi connectivity index (χ0n) is 15.3. The first-order chi connectivity index (χ1) is 13.0. The summed E-state index contributed by atoms with van der Waals surface area (Å²) in [5.74, 6) is 0.733. The molecule has 0 radical (unpaired) electrons. The fourth-order valence-corrected chi connectivity index (χ4v) is 3.42. The quantitative estimate of drug-likeness (QED) is 0.680. The van der Waals surface area contributed by atoms with Crippen LogP contribution in [0.15, 0.2) is 53.1 Å². The van der Waals surface area contributed by atoms with Crippen LogP contribution in [0, 0.1) is 0 Å². The Hall–Kier alpha value is -2.79. The van der Waals surface area contributed by atoms with Crippen LogP contribution in [0.2, 0.25) is 5.02 Å². The van der Waals surface area contributed by atoms with E-state index in [4.69, 9.17) is 16.1 Å². The Bertz CT molecular complexity index is 962. The number of nitrogens with zero attached hydrogens (tertiary/aromatic N) is 3. The van der Waals surface area contributed by atoms with Gasteiger partial charge in [-0.05, 0) is 48.5 Å². The van der Waals surface area contributed by atoms with Crippen molar-refractivity contribution in [2.24, 2.45) is 0 Å². The Morgan fingerprint density at radius 1 is 1.11 bits per heavy atom. The topological polar surface area (TPSA) is 49.6 Å². The van der Waals surface area contributed by atoms with E-state index in [0.717, 1.165) is 22.5 Å². The minimum absolute atomic E-state index is 0.0224. The maximum Gasteiger partial charge on any atom is 0.254 e. The van der Waals surface area contributed by atoms with Crippen LogP contribution in [0.3, 0.4) is 0 Å². The highest BCUT2D eigenvalue weighted by Gasteiger charge is 2.28. The Morgan fingerprint density at radius 2 is 1.81 bits per heavy atom. The van der Waals surface area contributed by atoms with Crippen LogP contribution in [0.5, 0.6) is 0 Å². The predicted octanol–water partition coefficient (Wildman–Crippen LogP) is 4.26. The molecular weight excluding hydrogens is 362 g/mol. The van der Waals surface area contributed by atoms with Gasteiger partial charge in [0, 0.05) is 54.5 Å². The van der Waals surface area contributed by atoms with Gasteiger partial charge in [-0.2, -0.15) is 0 Å². The lowest BCUT2D eigenvalue weighted by atomic mass is 10.0. The summed E-state index contributed by atoms with van der Waals surface area (Å²) in [5, 5.41) is 4.87. The molecule has 0 atom stereocenters. The maximum absolute atomic E-state index is 12.9. The molecule has 3 aromatic rings. The average Bonchev–Trinajstić information content (AvgIpc) is 3.11. The van der Waals surface area contributed by atoms with E-state index >= 15 is 0 Å². The largest absolute Gasteiger partial charge is 0.378 e. The van der Waals surface area contributed by atoms with E-state index in [2.05, 4.69) is 5.16 Å². The minimum atomic E-state index is 0.0224. The van der Waals surface area contributed by atoms with Gasteiger partial charge in [0.05, 0.1) is 12.2 Å². The van der Waals surface area contributed by atoms with E-state index in [9.17, 15) is 4.79 Å². The molecule has 0 aliphatic carbocycles. The second-order valence-corrected chi connectivity index (χ2v) is 7.30. The summed E-state index contributed by atoms with van der Waals surface area (Å²) >= 11 is 5.98. The summed E-state index contributed by atoms with van der Waals surface area (Å²) < 4.78 is 5.58. The molecule has 1 aromatic heterocycles. The van der Waals surface area contributed by atoms with E-state index < -0.39 is 0 Å². The van der Waals surface area contributed by atoms with Crippen molar-refractivity contribution >= 4 is 23.2 Å². The van der Waals surface area contributed by atoms with Gasteiger partial charge in [-0.1, -0.05) is 16.8 Å². The lowest BCUT2D eigenvalue weighted by Crippen LogP contribution is -2.35. The first kappa shape index (κ1) is 17.6. The van der Waals surface area contributed by atoms with Gasteiger partial charge in [-0.15, -0.1) is 0 Å². The fraction of sp³-hybridized carbons (Fsp3) is 0.238. The van der Waals surface area contributed by atoms with Gasteiger partial charge in [-0.3, -0.25) is 4.79 Å². The van der Waals surface area contributed by atoms with Gasteiger partial charge in [0.2, 0.25) is 0 Å². The molecule has 1 aliphatic heterocycles. The van der Waals surface area contributed by atoms with Crippen molar-refractivity contribution < 1.29 is 9.32 Å². The molecule has 2 aromatic carbocycles. The second kappa shape index (κ2) is 7.08. The standard InChI is InChI=1S/C21H20ClN3O2/c1-24(2)17-9-5-15(6-10-17)21(26)25-12-11-19-18(13-25)20(27-23-19)14-3-7-16(22)8-4-14/h3-10H,11-13H2,1-2H3. The van der Waals surface area contributed by atoms with Crippen LogP contribution in [0.25, 0.3) is 11.3 Å². The van der Waals surface area contributed by atoms with Gasteiger partial charge in [-0.25, -0.2) is 0 Å². The zero-order valence-corrected chi connectivity index (χ0v) is 16.0. The molecule has 0 N–H and O–H groups in total. The Morgan fingerprint density at radius 3 is 2.48 bits per heavy atom. The van der Waals surface area contributed by atoms with Crippen LogP contribution in [0.4, 0.5) is 5.69 Å². The Kier molecular flexibility index (Phi) is 4.62. The van der Waals surface area contributed by atoms with Crippen LogP contribution in [-0.2, 0) is 13.0 Å². The summed E-state index contributed by atoms with van der Waals surface area (Å²) in [6, 6.07) is 15.1. The molecule has 5 nitrogen and oxygen atoms in total. The van der Waals surface area contributed by atoms with Gasteiger partial charge >= 0.3 is 0 Å². The molecule has 0 saturated heterocycles. The Labute approximate surface area is 163 Å². The van der Waals surface area contributed by atoms with Crippen molar-refractivity contribution in [2.45, 2.75) is 13.0 Å². The molecule has 138 valence electrons. The van der Waals surface area contributed by atoms with Crippen LogP contribution < -0.4 is 4.90 Å². The molecule has 0 unspecified atom stereocenters. The van der Waals surface area contributed by atoms with E-state index in [1.807, 2.05) is 72.4 Å². The number of aromatic nitrogens is 1. The molecule has 0 bridgehead atoms. The van der Waals surface area contributed by atoms with Crippen LogP contribution >= 0.6 is 11.6 Å². The van der Waals surface area contributed by atoms with Crippen molar-refractivity contribution in [1.29, 1.82) is 0 Å². The number of fused-ring (bicyclic) bond motifs is 1. The maximum atomic E-state index is 12.9. The molecule has 0 spiro atoms. The van der Waals surface area contributed by atoms with E-state index in [0.29, 0.717) is 35.9 Å². The van der Waals surface area contributed by atoms with Crippen molar-refractivity contribution in [2.75, 3.05) is 25.5 Å². The summed E-state index contributed by atoms with van der Waals surface area (Å²) in [5.41, 5.74) is 4.57. The van der Waals surface area contributed by atoms with E-state index in [1.54, 1.807) is 0 Å². The summed E-state index contributed by atoms with van der Waals surface area (Å²) in [6.07, 6.45) is 0.688. The van der Waals surface area contributed by atoms with Gasteiger partial charge in [0.25, 0.3) is 5.91 Å². The van der Waals surface area contributed by atoms with Crippen molar-refractivity contribution in [3.8, 4) is 11.3 Å². The highest BCUT2D eigenvalue weighted by atomic mass is 35.5. The lowest BCUT2D eigenvalue weighted by molar-refractivity contribution is 0.0734. The number of benzene rings is 2. The van der Waals surface area contributed by atoms with Crippen LogP contribution in [0.1, 0.15) is 21.6 Å². The van der Waals surface area contributed by atoms with Gasteiger partial charge in [0.1, 0.15) is 0 Å². The Balaban J connectivity index is 1.58. The van der Waals surface area contributed by atoms with Crippen molar-refractivity contribution in [1.82, 2.24) is 10.1 Å². The number of carbonyl (C=O) groups excluding carboxylic acids is 1. The molecule has 2 heterocycles. The van der Waals surface area contributed by atoms with Crippen molar-refractivity contribution in [3.05, 3.63) is 70.4 Å². The van der Waals surface area contributed by atoms with Crippen molar-refractivity contribution in [3.63, 3.8) is 0 Å². The van der Waals surface area contributed by atoms with E-state index in [1.165, 1.54) is 0 Å². The second-order valence-electron chi connectivity index (χ2n) is 6.86. The first-order valence-electron chi connectivity index (χ1n) is 8.83. The van der Waals surface area contributed by atoms with Gasteiger partial charge in [0.15, 0.2) is 5.76 Å². The number of rotatable bonds is 3. The molecule has 1 aliphatic rings. The highest BCUT2D eigenvalue weighted by molar-refractivity contribution is 6.30. The zero-order chi connectivity index (χ0) is 19.0. The average molecular weight is 382 g/mol. The first-order valence-corrected chi connectivity index (χ1v) is 9.21. The molecule has 4 rings (SSSR count). The van der Waals surface area contributed by atoms with E-state index in [-0.39, 0.29) is 5.91 Å². The molecule has 0 saturated carbocycles. The molecule has 1 amide bonds. The SMILES string of the molecule is CN(C)c1ccc(C(=O)N2CCc3noc(-c4ccc(Cl)cc4)c3C2)cc1. The van der Waals surface area contributed by atoms with Gasteiger partial charge < -0.3 is 14.3 Å². The summed E-state index contributed by atoms with van der Waals surface area (Å²) in [6.45, 7) is 1.12. The molecule has 6 heteroatoms. The number of hydrogen-bond acceptors (Lipinski definition) is 4. The highest BCUT2D eigenvalue weighted by Crippen LogP contribution is 2.31. The lowest BCUT2D eigenvalue weighted by Gasteiger charge is -2.26. The third kappa shape index (κ3) is 3.43. The number of halogens is 1. The summed E-state index contributed by atoms with van der Waals surface area (Å²) in [7, 11) is 3.96. The number of amides is 1. The third-order valence-corrected chi connectivity index (χ3v) is 5.11.